The quantitative estimate of drug-likeness (QED) is 0.535. The lowest BCUT2D eigenvalue weighted by Crippen LogP contribution is -2.31. The zero-order valence-corrected chi connectivity index (χ0v) is 7.25. The van der Waals surface area contributed by atoms with Gasteiger partial charge in [-0.1, -0.05) is 37.5 Å². The molecule has 0 bridgehead atoms. The van der Waals surface area contributed by atoms with Crippen molar-refractivity contribution in [3.8, 4) is 0 Å². The first kappa shape index (κ1) is 7.78. The predicted molar refractivity (Wildman–Crippen MR) is 48.8 cm³/mol. The first-order chi connectivity index (χ1) is 5.83. The van der Waals surface area contributed by atoms with Crippen LogP contribution < -0.4 is 0 Å². The number of carbonyl (C=O) groups excluding carboxylic acids is 1. The van der Waals surface area contributed by atoms with Gasteiger partial charge in [0.05, 0.1) is 5.41 Å². The van der Waals surface area contributed by atoms with Crippen LogP contribution in [-0.4, -0.2) is 5.78 Å². The second kappa shape index (κ2) is 2.89. The summed E-state index contributed by atoms with van der Waals surface area (Å²) in [6.45, 7) is 0. The highest BCUT2D eigenvalue weighted by Crippen LogP contribution is 2.39. The molecule has 0 aromatic rings. The molecule has 0 saturated heterocycles. The fraction of sp³-hybridized carbons (Fsp3) is 0.545. The SMILES string of the molecule is O=C1C=CC=CC12CCCCC2. The van der Waals surface area contributed by atoms with Crippen molar-refractivity contribution in [1.29, 1.82) is 0 Å². The molecule has 1 nitrogen and oxygen atoms in total. The van der Waals surface area contributed by atoms with Gasteiger partial charge in [0, 0.05) is 0 Å². The van der Waals surface area contributed by atoms with Gasteiger partial charge in [-0.15, -0.1) is 0 Å². The Morgan fingerprint density at radius 3 is 2.50 bits per heavy atom. The highest BCUT2D eigenvalue weighted by Gasteiger charge is 2.35. The Bertz CT molecular complexity index is 242. The Hall–Kier alpha value is -0.850. The number of allylic oxidation sites excluding steroid dienone is 4. The maximum atomic E-state index is 11.6. The summed E-state index contributed by atoms with van der Waals surface area (Å²) in [5, 5.41) is 0. The maximum Gasteiger partial charge on any atom is 0.165 e. The van der Waals surface area contributed by atoms with Gasteiger partial charge in [-0.05, 0) is 18.9 Å². The second-order valence-corrected chi connectivity index (χ2v) is 3.80. The summed E-state index contributed by atoms with van der Waals surface area (Å²) in [4.78, 5) is 11.6. The van der Waals surface area contributed by atoms with Crippen molar-refractivity contribution in [2.75, 3.05) is 0 Å². The van der Waals surface area contributed by atoms with E-state index in [1.165, 1.54) is 19.3 Å². The molecule has 0 radical (unpaired) electrons. The Labute approximate surface area is 73.2 Å². The van der Waals surface area contributed by atoms with Gasteiger partial charge < -0.3 is 0 Å². The standard InChI is InChI=1S/C11H14O/c12-10-6-2-5-9-11(10)7-3-1-4-8-11/h2,5-6,9H,1,3-4,7-8H2. The van der Waals surface area contributed by atoms with Crippen LogP contribution in [-0.2, 0) is 4.79 Å². The summed E-state index contributed by atoms with van der Waals surface area (Å²) < 4.78 is 0. The minimum absolute atomic E-state index is 0.0903. The van der Waals surface area contributed by atoms with E-state index in [-0.39, 0.29) is 5.41 Å². The van der Waals surface area contributed by atoms with E-state index in [2.05, 4.69) is 6.08 Å². The molecule has 12 heavy (non-hydrogen) atoms. The molecule has 0 atom stereocenters. The highest BCUT2D eigenvalue weighted by atomic mass is 16.1. The lowest BCUT2D eigenvalue weighted by atomic mass is 9.69. The van der Waals surface area contributed by atoms with Gasteiger partial charge in [0.2, 0.25) is 0 Å². The Balaban J connectivity index is 2.23. The third-order valence-electron chi connectivity index (χ3n) is 3.01. The van der Waals surface area contributed by atoms with E-state index in [0.29, 0.717) is 5.78 Å². The molecule has 64 valence electrons. The van der Waals surface area contributed by atoms with Crippen molar-refractivity contribution in [3.63, 3.8) is 0 Å². The number of ketones is 1. The molecule has 0 amide bonds. The molecule has 2 aliphatic carbocycles. The van der Waals surface area contributed by atoms with E-state index in [9.17, 15) is 4.79 Å². The van der Waals surface area contributed by atoms with Crippen LogP contribution >= 0.6 is 0 Å². The molecule has 0 heterocycles. The molecule has 0 unspecified atom stereocenters. The molecule has 2 aliphatic rings. The Kier molecular flexibility index (Phi) is 1.87. The number of hydrogen-bond donors (Lipinski definition) is 0. The third-order valence-corrected chi connectivity index (χ3v) is 3.01. The van der Waals surface area contributed by atoms with Crippen molar-refractivity contribution in [1.82, 2.24) is 0 Å². The van der Waals surface area contributed by atoms with Crippen LogP contribution in [0.4, 0.5) is 0 Å². The van der Waals surface area contributed by atoms with Gasteiger partial charge in [0.15, 0.2) is 5.78 Å². The number of rotatable bonds is 0. The molecular formula is C11H14O. The molecule has 0 aromatic heterocycles. The summed E-state index contributed by atoms with van der Waals surface area (Å²) in [5.74, 6) is 0.324. The zero-order chi connectivity index (χ0) is 8.44. The van der Waals surface area contributed by atoms with Crippen molar-refractivity contribution < 1.29 is 4.79 Å². The fourth-order valence-corrected chi connectivity index (χ4v) is 2.23. The molecule has 1 heteroatoms. The average Bonchev–Trinajstić information content (AvgIpc) is 2.12. The van der Waals surface area contributed by atoms with Crippen LogP contribution in [0.5, 0.6) is 0 Å². The largest absolute Gasteiger partial charge is 0.294 e. The van der Waals surface area contributed by atoms with Crippen molar-refractivity contribution in [2.24, 2.45) is 5.41 Å². The smallest absolute Gasteiger partial charge is 0.165 e. The minimum atomic E-state index is -0.0903. The Morgan fingerprint density at radius 2 is 1.83 bits per heavy atom. The zero-order valence-electron chi connectivity index (χ0n) is 7.25. The topological polar surface area (TPSA) is 17.1 Å². The number of hydrogen-bond acceptors (Lipinski definition) is 1. The van der Waals surface area contributed by atoms with Gasteiger partial charge in [-0.2, -0.15) is 0 Å². The summed E-state index contributed by atoms with van der Waals surface area (Å²) in [5.41, 5.74) is -0.0903. The Morgan fingerprint density at radius 1 is 1.08 bits per heavy atom. The van der Waals surface area contributed by atoms with E-state index in [4.69, 9.17) is 0 Å². The van der Waals surface area contributed by atoms with Gasteiger partial charge in [-0.3, -0.25) is 4.79 Å². The van der Waals surface area contributed by atoms with Crippen LogP contribution in [0.25, 0.3) is 0 Å². The van der Waals surface area contributed by atoms with Gasteiger partial charge in [-0.25, -0.2) is 0 Å². The monoisotopic (exact) mass is 162 g/mol. The first-order valence-corrected chi connectivity index (χ1v) is 4.74. The van der Waals surface area contributed by atoms with Crippen LogP contribution in [0.15, 0.2) is 24.3 Å². The van der Waals surface area contributed by atoms with Crippen LogP contribution in [0.2, 0.25) is 0 Å². The van der Waals surface area contributed by atoms with Crippen LogP contribution in [0, 0.1) is 5.41 Å². The summed E-state index contributed by atoms with van der Waals surface area (Å²) >= 11 is 0. The van der Waals surface area contributed by atoms with E-state index < -0.39 is 0 Å². The lowest BCUT2D eigenvalue weighted by molar-refractivity contribution is -0.123. The lowest BCUT2D eigenvalue weighted by Gasteiger charge is -2.33. The molecular weight excluding hydrogens is 148 g/mol. The molecule has 2 rings (SSSR count). The van der Waals surface area contributed by atoms with E-state index in [1.807, 2.05) is 12.2 Å². The molecule has 0 aliphatic heterocycles. The van der Waals surface area contributed by atoms with E-state index in [0.717, 1.165) is 12.8 Å². The summed E-state index contributed by atoms with van der Waals surface area (Å²) in [7, 11) is 0. The van der Waals surface area contributed by atoms with Gasteiger partial charge >= 0.3 is 0 Å². The van der Waals surface area contributed by atoms with Crippen LogP contribution in [0.3, 0.4) is 0 Å². The van der Waals surface area contributed by atoms with E-state index >= 15 is 0 Å². The minimum Gasteiger partial charge on any atom is -0.294 e. The molecule has 1 saturated carbocycles. The van der Waals surface area contributed by atoms with Gasteiger partial charge in [0.1, 0.15) is 0 Å². The summed E-state index contributed by atoms with van der Waals surface area (Å²) in [6.07, 6.45) is 13.6. The molecule has 1 fully saturated rings. The molecule has 0 N–H and O–H groups in total. The van der Waals surface area contributed by atoms with E-state index in [1.54, 1.807) is 6.08 Å². The number of carbonyl (C=O) groups is 1. The fourth-order valence-electron chi connectivity index (χ4n) is 2.23. The first-order valence-electron chi connectivity index (χ1n) is 4.74. The van der Waals surface area contributed by atoms with Crippen LogP contribution in [0.1, 0.15) is 32.1 Å². The highest BCUT2D eigenvalue weighted by molar-refractivity contribution is 5.97. The molecule has 1 spiro atoms. The maximum absolute atomic E-state index is 11.6. The van der Waals surface area contributed by atoms with Crippen molar-refractivity contribution in [2.45, 2.75) is 32.1 Å². The third kappa shape index (κ3) is 1.13. The second-order valence-electron chi connectivity index (χ2n) is 3.80. The van der Waals surface area contributed by atoms with Crippen molar-refractivity contribution >= 4 is 5.78 Å². The predicted octanol–water partition coefficient (Wildman–Crippen LogP) is 2.63. The average molecular weight is 162 g/mol. The molecule has 0 aromatic carbocycles. The van der Waals surface area contributed by atoms with Gasteiger partial charge in [0.25, 0.3) is 0 Å². The van der Waals surface area contributed by atoms with Crippen molar-refractivity contribution in [3.05, 3.63) is 24.3 Å². The summed E-state index contributed by atoms with van der Waals surface area (Å²) in [6, 6.07) is 0. The normalized spacial score (nSPS) is 26.5.